The monoisotopic (exact) mass is 252 g/mol. The van der Waals surface area contributed by atoms with Crippen molar-refractivity contribution in [1.29, 1.82) is 0 Å². The molecule has 0 saturated carbocycles. The highest BCUT2D eigenvalue weighted by atomic mass is 16.1. The summed E-state index contributed by atoms with van der Waals surface area (Å²) < 4.78 is 0. The van der Waals surface area contributed by atoms with Gasteiger partial charge in [0.25, 0.3) is 0 Å². The van der Waals surface area contributed by atoms with E-state index < -0.39 is 0 Å². The van der Waals surface area contributed by atoms with Gasteiger partial charge in [0.05, 0.1) is 0 Å². The topological polar surface area (TPSA) is 70.7 Å². The van der Waals surface area contributed by atoms with E-state index in [1.54, 1.807) is 0 Å². The fraction of sp³-hybridized carbons (Fsp3) is 0.846. The number of piperidine rings is 2. The number of nitrogens with zero attached hydrogens (tertiary/aromatic N) is 2. The van der Waals surface area contributed by atoms with Gasteiger partial charge in [0.1, 0.15) is 0 Å². The first-order chi connectivity index (χ1) is 8.56. The number of hydrogen-bond acceptors (Lipinski definition) is 2. The maximum Gasteiger partial charge on any atom is 0.220 e. The number of amides is 1. The number of rotatable bonds is 2. The molecule has 102 valence electrons. The summed E-state index contributed by atoms with van der Waals surface area (Å²) in [4.78, 5) is 17.9. The van der Waals surface area contributed by atoms with E-state index in [2.05, 4.69) is 29.1 Å². The van der Waals surface area contributed by atoms with Crippen LogP contribution in [0.4, 0.5) is 0 Å². The minimum absolute atomic E-state index is 0.200. The number of carbonyl (C=O) groups excluding carboxylic acids is 1. The van der Waals surface area contributed by atoms with E-state index in [4.69, 9.17) is 5.73 Å². The molecular formula is C13H24N4O. The molecule has 2 aliphatic heterocycles. The van der Waals surface area contributed by atoms with Gasteiger partial charge >= 0.3 is 0 Å². The smallest absolute Gasteiger partial charge is 0.220 e. The van der Waals surface area contributed by atoms with Crippen molar-refractivity contribution in [3.63, 3.8) is 0 Å². The summed E-state index contributed by atoms with van der Waals surface area (Å²) in [5, 5.41) is 3.08. The predicted molar refractivity (Wildman–Crippen MR) is 72.2 cm³/mol. The minimum Gasteiger partial charge on any atom is -0.370 e. The third-order valence-corrected chi connectivity index (χ3v) is 3.76. The van der Waals surface area contributed by atoms with Crippen LogP contribution in [0.25, 0.3) is 0 Å². The van der Waals surface area contributed by atoms with Crippen molar-refractivity contribution in [2.75, 3.05) is 19.6 Å². The molecule has 0 radical (unpaired) electrons. The Kier molecular flexibility index (Phi) is 4.09. The zero-order valence-electron chi connectivity index (χ0n) is 11.4. The molecule has 0 aliphatic carbocycles. The highest BCUT2D eigenvalue weighted by Crippen LogP contribution is 2.25. The van der Waals surface area contributed by atoms with E-state index in [1.807, 2.05) is 0 Å². The quantitative estimate of drug-likeness (QED) is 0.557. The van der Waals surface area contributed by atoms with Crippen LogP contribution in [0.3, 0.4) is 0 Å². The van der Waals surface area contributed by atoms with Gasteiger partial charge in [-0.15, -0.1) is 0 Å². The number of carbonyl (C=O) groups is 1. The molecule has 2 atom stereocenters. The van der Waals surface area contributed by atoms with Gasteiger partial charge in [-0.05, 0) is 24.7 Å². The van der Waals surface area contributed by atoms with Crippen LogP contribution in [0, 0.1) is 11.8 Å². The average molecular weight is 252 g/mol. The van der Waals surface area contributed by atoms with Crippen LogP contribution in [0.15, 0.2) is 4.99 Å². The van der Waals surface area contributed by atoms with Crippen LogP contribution in [0.5, 0.6) is 0 Å². The molecule has 0 aromatic heterocycles. The molecular weight excluding hydrogens is 228 g/mol. The molecule has 2 rings (SSSR count). The number of aliphatic imine (C=N–C) groups is 1. The summed E-state index contributed by atoms with van der Waals surface area (Å²) in [6.07, 6.45) is 2.61. The van der Waals surface area contributed by atoms with Gasteiger partial charge in [-0.25, -0.2) is 0 Å². The summed E-state index contributed by atoms with van der Waals surface area (Å²) in [6.45, 7) is 6.89. The Morgan fingerprint density at radius 1 is 1.56 bits per heavy atom. The number of nitrogens with one attached hydrogen (secondary N) is 1. The first-order valence-electron chi connectivity index (χ1n) is 6.90. The van der Waals surface area contributed by atoms with Crippen molar-refractivity contribution in [3.05, 3.63) is 0 Å². The Bertz CT molecular complexity index is 340. The molecule has 3 N–H and O–H groups in total. The van der Waals surface area contributed by atoms with Crippen molar-refractivity contribution < 1.29 is 4.79 Å². The lowest BCUT2D eigenvalue weighted by Gasteiger charge is -2.41. The molecule has 2 saturated heterocycles. The Morgan fingerprint density at radius 2 is 2.33 bits per heavy atom. The summed E-state index contributed by atoms with van der Waals surface area (Å²) >= 11 is 0. The molecule has 1 amide bonds. The van der Waals surface area contributed by atoms with E-state index in [1.165, 1.54) is 0 Å². The molecule has 5 nitrogen and oxygen atoms in total. The summed E-state index contributed by atoms with van der Waals surface area (Å²) in [6, 6.07) is 0.348. The number of nitrogens with two attached hydrogens (primary N) is 1. The number of hydrogen-bond donors (Lipinski definition) is 2. The fourth-order valence-corrected chi connectivity index (χ4v) is 2.69. The Morgan fingerprint density at radius 3 is 3.06 bits per heavy atom. The van der Waals surface area contributed by atoms with Crippen molar-refractivity contribution in [1.82, 2.24) is 10.2 Å². The van der Waals surface area contributed by atoms with Crippen LogP contribution in [0.2, 0.25) is 0 Å². The molecule has 2 unspecified atom stereocenters. The molecule has 18 heavy (non-hydrogen) atoms. The Balaban J connectivity index is 1.90. The van der Waals surface area contributed by atoms with E-state index in [9.17, 15) is 4.79 Å². The van der Waals surface area contributed by atoms with Crippen LogP contribution in [0.1, 0.15) is 33.1 Å². The lowest BCUT2D eigenvalue weighted by Crippen LogP contribution is -2.56. The largest absolute Gasteiger partial charge is 0.370 e. The van der Waals surface area contributed by atoms with E-state index in [0.717, 1.165) is 32.5 Å². The normalized spacial score (nSPS) is 29.2. The lowest BCUT2D eigenvalue weighted by molar-refractivity contribution is -0.125. The van der Waals surface area contributed by atoms with Crippen molar-refractivity contribution in [2.24, 2.45) is 22.6 Å². The molecule has 0 bridgehead atoms. The van der Waals surface area contributed by atoms with Crippen molar-refractivity contribution >= 4 is 11.9 Å². The SMILES string of the molecule is CC(C)CN=C(N)N1CCC2NC(=O)CCC2C1. The predicted octanol–water partition coefficient (Wildman–Crippen LogP) is 0.558. The third kappa shape index (κ3) is 3.15. The number of fused-ring (bicyclic) bond motifs is 1. The third-order valence-electron chi connectivity index (χ3n) is 3.76. The second kappa shape index (κ2) is 5.59. The van der Waals surface area contributed by atoms with Gasteiger partial charge in [-0.2, -0.15) is 0 Å². The van der Waals surface area contributed by atoms with Crippen molar-refractivity contribution in [3.8, 4) is 0 Å². The molecule has 0 spiro atoms. The van der Waals surface area contributed by atoms with Crippen LogP contribution >= 0.6 is 0 Å². The number of likely N-dealkylation sites (tertiary alicyclic amines) is 1. The molecule has 0 aromatic carbocycles. The minimum atomic E-state index is 0.200. The van der Waals surface area contributed by atoms with Crippen LogP contribution in [-0.4, -0.2) is 42.4 Å². The summed E-state index contributed by atoms with van der Waals surface area (Å²) in [5.41, 5.74) is 6.03. The molecule has 2 heterocycles. The van der Waals surface area contributed by atoms with Gasteiger partial charge < -0.3 is 16.0 Å². The summed E-state index contributed by atoms with van der Waals surface area (Å²) in [5.74, 6) is 1.93. The first-order valence-corrected chi connectivity index (χ1v) is 6.90. The highest BCUT2D eigenvalue weighted by Gasteiger charge is 2.34. The van der Waals surface area contributed by atoms with Gasteiger partial charge in [-0.1, -0.05) is 13.8 Å². The second-order valence-electron chi connectivity index (χ2n) is 5.80. The Hall–Kier alpha value is -1.26. The molecule has 2 fully saturated rings. The standard InChI is InChI=1S/C13H24N4O/c1-9(2)7-15-13(14)17-6-5-11-10(8-17)3-4-12(18)16-11/h9-11H,3-8H2,1-2H3,(H2,14,15)(H,16,18). The van der Waals surface area contributed by atoms with Gasteiger partial charge in [-0.3, -0.25) is 9.79 Å². The zero-order valence-corrected chi connectivity index (χ0v) is 11.4. The molecule has 5 heteroatoms. The van der Waals surface area contributed by atoms with E-state index in [-0.39, 0.29) is 5.91 Å². The average Bonchev–Trinajstić information content (AvgIpc) is 2.35. The second-order valence-corrected chi connectivity index (χ2v) is 5.80. The zero-order chi connectivity index (χ0) is 13.1. The van der Waals surface area contributed by atoms with Gasteiger partial charge in [0.2, 0.25) is 5.91 Å². The maximum absolute atomic E-state index is 11.3. The van der Waals surface area contributed by atoms with E-state index >= 15 is 0 Å². The lowest BCUT2D eigenvalue weighted by atomic mass is 9.85. The molecule has 2 aliphatic rings. The van der Waals surface area contributed by atoms with Crippen LogP contribution < -0.4 is 11.1 Å². The number of guanidine groups is 1. The van der Waals surface area contributed by atoms with E-state index in [0.29, 0.717) is 30.3 Å². The molecule has 0 aromatic rings. The highest BCUT2D eigenvalue weighted by molar-refractivity contribution is 5.79. The fourth-order valence-electron chi connectivity index (χ4n) is 2.69. The Labute approximate surface area is 109 Å². The van der Waals surface area contributed by atoms with Crippen LogP contribution in [-0.2, 0) is 4.79 Å². The van der Waals surface area contributed by atoms with Gasteiger partial charge in [0, 0.05) is 32.1 Å². The maximum atomic E-state index is 11.3. The van der Waals surface area contributed by atoms with Crippen molar-refractivity contribution in [2.45, 2.75) is 39.2 Å². The first kappa shape index (κ1) is 13.2. The van der Waals surface area contributed by atoms with Gasteiger partial charge in [0.15, 0.2) is 5.96 Å². The summed E-state index contributed by atoms with van der Waals surface area (Å²) in [7, 11) is 0.